The van der Waals surface area contributed by atoms with Gasteiger partial charge in [0.15, 0.2) is 0 Å². The Morgan fingerprint density at radius 3 is 2.47 bits per heavy atom. The van der Waals surface area contributed by atoms with Crippen molar-refractivity contribution in [1.82, 2.24) is 4.90 Å². The predicted molar refractivity (Wildman–Crippen MR) is 120 cm³/mol. The van der Waals surface area contributed by atoms with Gasteiger partial charge in [0.1, 0.15) is 11.5 Å². The van der Waals surface area contributed by atoms with Gasteiger partial charge in [-0.2, -0.15) is 0 Å². The van der Waals surface area contributed by atoms with Gasteiger partial charge in [-0.3, -0.25) is 14.5 Å². The standard InChI is InChI=1S/C24H21NO4S/c1-28-18-10-8-17-9-11-21(29-2)20(19(17)14-18)15-22-23(26)25(24(27)30-22)13-12-16-6-4-3-5-7-16/h3-11,14-15H,12-13H2,1-2H3/b22-15-. The Bertz CT molecular complexity index is 1140. The molecule has 1 heterocycles. The van der Waals surface area contributed by atoms with Crippen molar-refractivity contribution in [3.05, 3.63) is 76.7 Å². The first-order valence-corrected chi connectivity index (χ1v) is 10.4. The summed E-state index contributed by atoms with van der Waals surface area (Å²) in [4.78, 5) is 27.1. The van der Waals surface area contributed by atoms with Crippen LogP contribution < -0.4 is 9.47 Å². The van der Waals surface area contributed by atoms with Gasteiger partial charge >= 0.3 is 0 Å². The molecule has 0 radical (unpaired) electrons. The Morgan fingerprint density at radius 1 is 0.967 bits per heavy atom. The molecule has 0 atom stereocenters. The maximum Gasteiger partial charge on any atom is 0.293 e. The van der Waals surface area contributed by atoms with Crippen molar-refractivity contribution >= 4 is 39.8 Å². The van der Waals surface area contributed by atoms with Crippen molar-refractivity contribution in [1.29, 1.82) is 0 Å². The summed E-state index contributed by atoms with van der Waals surface area (Å²) in [6.45, 7) is 0.354. The molecule has 0 N–H and O–H groups in total. The normalized spacial score (nSPS) is 15.3. The molecule has 152 valence electrons. The highest BCUT2D eigenvalue weighted by molar-refractivity contribution is 8.18. The monoisotopic (exact) mass is 419 g/mol. The molecule has 0 unspecified atom stereocenters. The summed E-state index contributed by atoms with van der Waals surface area (Å²) in [5, 5.41) is 1.63. The van der Waals surface area contributed by atoms with E-state index in [0.717, 1.165) is 33.7 Å². The molecule has 1 aliphatic heterocycles. The fourth-order valence-corrected chi connectivity index (χ4v) is 4.31. The fraction of sp³-hybridized carbons (Fsp3) is 0.167. The minimum absolute atomic E-state index is 0.251. The van der Waals surface area contributed by atoms with Crippen molar-refractivity contribution < 1.29 is 19.1 Å². The van der Waals surface area contributed by atoms with Crippen LogP contribution in [0.4, 0.5) is 4.79 Å². The van der Waals surface area contributed by atoms with Crippen molar-refractivity contribution in [2.24, 2.45) is 0 Å². The Labute approximate surface area is 179 Å². The summed E-state index contributed by atoms with van der Waals surface area (Å²) in [5.41, 5.74) is 1.84. The lowest BCUT2D eigenvalue weighted by Gasteiger charge is -2.12. The average Bonchev–Trinajstić information content (AvgIpc) is 3.05. The van der Waals surface area contributed by atoms with E-state index >= 15 is 0 Å². The van der Waals surface area contributed by atoms with Crippen LogP contribution in [0.25, 0.3) is 16.8 Å². The van der Waals surface area contributed by atoms with E-state index in [9.17, 15) is 9.59 Å². The number of fused-ring (bicyclic) bond motifs is 1. The number of nitrogens with zero attached hydrogens (tertiary/aromatic N) is 1. The minimum Gasteiger partial charge on any atom is -0.497 e. The Kier molecular flexibility index (Phi) is 5.77. The molecule has 0 saturated carbocycles. The molecule has 1 saturated heterocycles. The van der Waals surface area contributed by atoms with E-state index in [1.54, 1.807) is 20.3 Å². The lowest BCUT2D eigenvalue weighted by Crippen LogP contribution is -2.30. The smallest absolute Gasteiger partial charge is 0.293 e. The summed E-state index contributed by atoms with van der Waals surface area (Å²) in [6.07, 6.45) is 2.37. The maximum atomic E-state index is 13.0. The Hall–Kier alpha value is -3.25. The summed E-state index contributed by atoms with van der Waals surface area (Å²) < 4.78 is 10.9. The van der Waals surface area contributed by atoms with Gasteiger partial charge in [0, 0.05) is 12.1 Å². The zero-order chi connectivity index (χ0) is 21.1. The molecule has 5 nitrogen and oxygen atoms in total. The summed E-state index contributed by atoms with van der Waals surface area (Å²) >= 11 is 0.961. The van der Waals surface area contributed by atoms with Crippen LogP contribution in [0.2, 0.25) is 0 Å². The second kappa shape index (κ2) is 8.63. The predicted octanol–water partition coefficient (Wildman–Crippen LogP) is 5.14. The highest BCUT2D eigenvalue weighted by atomic mass is 32.2. The highest BCUT2D eigenvalue weighted by Gasteiger charge is 2.35. The van der Waals surface area contributed by atoms with Gasteiger partial charge in [-0.15, -0.1) is 0 Å². The molecule has 3 aromatic carbocycles. The summed E-state index contributed by atoms with van der Waals surface area (Å²) in [7, 11) is 3.20. The van der Waals surface area contributed by atoms with Crippen molar-refractivity contribution in [2.45, 2.75) is 6.42 Å². The van der Waals surface area contributed by atoms with Crippen LogP contribution in [0.3, 0.4) is 0 Å². The van der Waals surface area contributed by atoms with Gasteiger partial charge in [-0.25, -0.2) is 0 Å². The summed E-state index contributed by atoms with van der Waals surface area (Å²) in [6, 6.07) is 19.4. The maximum absolute atomic E-state index is 13.0. The van der Waals surface area contributed by atoms with Gasteiger partial charge in [0.25, 0.3) is 11.1 Å². The van der Waals surface area contributed by atoms with E-state index in [2.05, 4.69) is 0 Å². The van der Waals surface area contributed by atoms with E-state index < -0.39 is 0 Å². The van der Waals surface area contributed by atoms with Crippen LogP contribution in [0.5, 0.6) is 11.5 Å². The third-order valence-corrected chi connectivity index (χ3v) is 5.97. The Balaban J connectivity index is 1.67. The number of carbonyl (C=O) groups is 2. The molecular weight excluding hydrogens is 398 g/mol. The second-order valence-corrected chi connectivity index (χ2v) is 7.83. The van der Waals surface area contributed by atoms with Crippen LogP contribution in [-0.2, 0) is 11.2 Å². The molecule has 0 aliphatic carbocycles. The van der Waals surface area contributed by atoms with E-state index in [4.69, 9.17) is 9.47 Å². The second-order valence-electron chi connectivity index (χ2n) is 6.84. The van der Waals surface area contributed by atoms with Crippen molar-refractivity contribution in [2.75, 3.05) is 20.8 Å². The summed E-state index contributed by atoms with van der Waals surface area (Å²) in [5.74, 6) is 1.07. The zero-order valence-corrected chi connectivity index (χ0v) is 17.6. The number of amides is 2. The average molecular weight is 420 g/mol. The van der Waals surface area contributed by atoms with E-state index in [1.165, 1.54) is 4.90 Å². The topological polar surface area (TPSA) is 55.8 Å². The molecule has 2 amide bonds. The molecule has 6 heteroatoms. The van der Waals surface area contributed by atoms with E-state index in [1.807, 2.05) is 60.7 Å². The number of methoxy groups -OCH3 is 2. The molecule has 3 aromatic rings. The van der Waals surface area contributed by atoms with Crippen LogP contribution in [-0.4, -0.2) is 36.8 Å². The highest BCUT2D eigenvalue weighted by Crippen LogP contribution is 2.37. The fourth-order valence-electron chi connectivity index (χ4n) is 3.47. The molecule has 1 aliphatic rings. The molecule has 0 spiro atoms. The van der Waals surface area contributed by atoms with Gasteiger partial charge in [0.2, 0.25) is 0 Å². The number of hydrogen-bond acceptors (Lipinski definition) is 5. The number of ether oxygens (including phenoxy) is 2. The first kappa shape index (κ1) is 20.0. The van der Waals surface area contributed by atoms with Gasteiger partial charge in [-0.05, 0) is 58.8 Å². The molecule has 1 fully saturated rings. The lowest BCUT2D eigenvalue weighted by molar-refractivity contribution is -0.122. The van der Waals surface area contributed by atoms with Gasteiger partial charge in [-0.1, -0.05) is 42.5 Å². The quantitative estimate of drug-likeness (QED) is 0.518. The molecule has 0 aromatic heterocycles. The number of thioether (sulfide) groups is 1. The van der Waals surface area contributed by atoms with Crippen molar-refractivity contribution in [3.8, 4) is 11.5 Å². The molecule has 0 bridgehead atoms. The first-order chi connectivity index (χ1) is 14.6. The number of carbonyl (C=O) groups excluding carboxylic acids is 2. The number of imide groups is 1. The minimum atomic E-state index is -0.275. The third-order valence-electron chi connectivity index (χ3n) is 5.07. The van der Waals surface area contributed by atoms with E-state index in [-0.39, 0.29) is 11.1 Å². The van der Waals surface area contributed by atoms with Gasteiger partial charge in [0.05, 0.1) is 19.1 Å². The van der Waals surface area contributed by atoms with Crippen LogP contribution in [0.15, 0.2) is 65.6 Å². The molecular formula is C24H21NO4S. The SMILES string of the molecule is COc1ccc2ccc(OC)c(/C=C3\SC(=O)N(CCc4ccccc4)C3=O)c2c1. The van der Waals surface area contributed by atoms with Crippen LogP contribution in [0.1, 0.15) is 11.1 Å². The first-order valence-electron chi connectivity index (χ1n) is 9.54. The van der Waals surface area contributed by atoms with Crippen molar-refractivity contribution in [3.63, 3.8) is 0 Å². The molecule has 30 heavy (non-hydrogen) atoms. The lowest BCUT2D eigenvalue weighted by atomic mass is 10.0. The van der Waals surface area contributed by atoms with Crippen LogP contribution in [0, 0.1) is 0 Å². The van der Waals surface area contributed by atoms with E-state index in [0.29, 0.717) is 29.4 Å². The Morgan fingerprint density at radius 2 is 1.73 bits per heavy atom. The van der Waals surface area contributed by atoms with Crippen LogP contribution >= 0.6 is 11.8 Å². The number of rotatable bonds is 6. The number of hydrogen-bond donors (Lipinski definition) is 0. The largest absolute Gasteiger partial charge is 0.497 e. The third kappa shape index (κ3) is 3.91. The number of benzene rings is 3. The van der Waals surface area contributed by atoms with Gasteiger partial charge < -0.3 is 9.47 Å². The molecule has 4 rings (SSSR count). The zero-order valence-electron chi connectivity index (χ0n) is 16.8.